The van der Waals surface area contributed by atoms with Crippen LogP contribution in [0.1, 0.15) is 37.9 Å². The van der Waals surface area contributed by atoms with Gasteiger partial charge in [-0.15, -0.1) is 10.2 Å². The predicted octanol–water partition coefficient (Wildman–Crippen LogP) is 2.75. The van der Waals surface area contributed by atoms with Gasteiger partial charge < -0.3 is 15.2 Å². The number of nitrogens with one attached hydrogen (secondary N) is 2. The van der Waals surface area contributed by atoms with E-state index in [0.29, 0.717) is 5.92 Å². The number of benzene rings is 1. The zero-order valence-electron chi connectivity index (χ0n) is 14.8. The van der Waals surface area contributed by atoms with Crippen molar-refractivity contribution >= 4 is 11.6 Å². The van der Waals surface area contributed by atoms with E-state index < -0.39 is 5.82 Å². The molecule has 26 heavy (non-hydrogen) atoms. The van der Waals surface area contributed by atoms with Crippen LogP contribution in [0.4, 0.5) is 10.1 Å². The van der Waals surface area contributed by atoms with Crippen molar-refractivity contribution in [2.45, 2.75) is 45.1 Å². The Morgan fingerprint density at radius 2 is 2.12 bits per heavy atom. The number of anilines is 1. The smallest absolute Gasteiger partial charge is 0.238 e. The van der Waals surface area contributed by atoms with E-state index in [0.717, 1.165) is 49.6 Å². The first-order chi connectivity index (χ1) is 12.7. The number of amides is 1. The van der Waals surface area contributed by atoms with Gasteiger partial charge in [0.2, 0.25) is 5.91 Å². The van der Waals surface area contributed by atoms with Gasteiger partial charge in [0.1, 0.15) is 11.6 Å². The van der Waals surface area contributed by atoms with Gasteiger partial charge in [0.15, 0.2) is 5.82 Å². The Morgan fingerprint density at radius 1 is 1.23 bits per heavy atom. The average Bonchev–Trinajstić information content (AvgIpc) is 3.41. The van der Waals surface area contributed by atoms with Crippen molar-refractivity contribution in [3.05, 3.63) is 29.8 Å². The first-order valence-electron chi connectivity index (χ1n) is 9.43. The van der Waals surface area contributed by atoms with E-state index in [-0.39, 0.29) is 18.1 Å². The number of hydrogen-bond acceptors (Lipinski definition) is 4. The molecule has 0 atom stereocenters. The maximum atomic E-state index is 14.2. The van der Waals surface area contributed by atoms with Crippen LogP contribution in [0.2, 0.25) is 0 Å². The van der Waals surface area contributed by atoms with Crippen LogP contribution in [0.25, 0.3) is 11.4 Å². The second kappa shape index (κ2) is 7.53. The van der Waals surface area contributed by atoms with Crippen LogP contribution in [0.5, 0.6) is 0 Å². The molecular formula is C19H24FN5O. The Bertz CT molecular complexity index is 799. The molecule has 0 unspecified atom stereocenters. The van der Waals surface area contributed by atoms with Gasteiger partial charge in [0.25, 0.3) is 0 Å². The number of hydrogen-bond donors (Lipinski definition) is 2. The highest BCUT2D eigenvalue weighted by atomic mass is 19.1. The molecule has 7 heteroatoms. The van der Waals surface area contributed by atoms with Crippen molar-refractivity contribution in [1.29, 1.82) is 0 Å². The number of rotatable bonds is 6. The molecule has 1 amide bonds. The van der Waals surface area contributed by atoms with Crippen molar-refractivity contribution in [3.63, 3.8) is 0 Å². The minimum Gasteiger partial charge on any atom is -0.322 e. The summed E-state index contributed by atoms with van der Waals surface area (Å²) < 4.78 is 16.3. The molecule has 1 saturated carbocycles. The fourth-order valence-corrected chi connectivity index (χ4v) is 3.36. The Morgan fingerprint density at radius 3 is 2.96 bits per heavy atom. The Labute approximate surface area is 152 Å². The summed E-state index contributed by atoms with van der Waals surface area (Å²) in [5, 5.41) is 14.4. The molecule has 1 aromatic heterocycles. The number of halogens is 1. The molecule has 1 aliphatic carbocycles. The maximum absolute atomic E-state index is 14.2. The number of carbonyl (C=O) groups is 1. The van der Waals surface area contributed by atoms with Gasteiger partial charge >= 0.3 is 0 Å². The number of aryl methyl sites for hydroxylation is 1. The van der Waals surface area contributed by atoms with Gasteiger partial charge in [0.05, 0.1) is 12.2 Å². The molecule has 0 spiro atoms. The largest absolute Gasteiger partial charge is 0.322 e. The monoisotopic (exact) mass is 357 g/mol. The summed E-state index contributed by atoms with van der Waals surface area (Å²) in [5.74, 6) is 1.74. The molecule has 0 saturated heterocycles. The third-order valence-electron chi connectivity index (χ3n) is 5.02. The van der Waals surface area contributed by atoms with Gasteiger partial charge in [-0.05, 0) is 56.3 Å². The van der Waals surface area contributed by atoms with Crippen LogP contribution in [-0.4, -0.2) is 33.8 Å². The normalized spacial score (nSPS) is 16.8. The highest BCUT2D eigenvalue weighted by Gasteiger charge is 2.21. The summed E-state index contributed by atoms with van der Waals surface area (Å²) in [6, 6.07) is 4.72. The lowest BCUT2D eigenvalue weighted by molar-refractivity contribution is -0.115. The molecule has 1 aromatic carbocycles. The van der Waals surface area contributed by atoms with E-state index >= 15 is 0 Å². The summed E-state index contributed by atoms with van der Waals surface area (Å²) in [6.45, 7) is 1.92. The lowest BCUT2D eigenvalue weighted by Crippen LogP contribution is -2.29. The van der Waals surface area contributed by atoms with E-state index in [1.54, 1.807) is 12.1 Å². The molecule has 6 nitrogen and oxygen atoms in total. The maximum Gasteiger partial charge on any atom is 0.238 e. The zero-order valence-corrected chi connectivity index (χ0v) is 14.8. The quantitative estimate of drug-likeness (QED) is 0.834. The molecule has 1 fully saturated rings. The average molecular weight is 357 g/mol. The highest BCUT2D eigenvalue weighted by molar-refractivity contribution is 5.93. The number of aromatic nitrogens is 3. The minimum absolute atomic E-state index is 0.187. The van der Waals surface area contributed by atoms with E-state index in [1.807, 2.05) is 0 Å². The third-order valence-corrected chi connectivity index (χ3v) is 5.02. The molecule has 2 aromatic rings. The Kier molecular flexibility index (Phi) is 4.97. The van der Waals surface area contributed by atoms with Crippen molar-refractivity contribution in [2.75, 3.05) is 18.4 Å². The van der Waals surface area contributed by atoms with Gasteiger partial charge in [0, 0.05) is 18.5 Å². The molecule has 1 aliphatic heterocycles. The first-order valence-corrected chi connectivity index (χ1v) is 9.43. The molecule has 2 heterocycles. The fourth-order valence-electron chi connectivity index (χ4n) is 3.36. The van der Waals surface area contributed by atoms with Gasteiger partial charge in [-0.3, -0.25) is 4.79 Å². The summed E-state index contributed by atoms with van der Waals surface area (Å²) in [4.78, 5) is 12.1. The van der Waals surface area contributed by atoms with Crippen molar-refractivity contribution < 1.29 is 9.18 Å². The SMILES string of the molecule is O=C(CNCC1CC1)Nc1cc(-c2nnc3n2CCCCC3)ccc1F. The van der Waals surface area contributed by atoms with Crippen LogP contribution >= 0.6 is 0 Å². The zero-order chi connectivity index (χ0) is 17.9. The van der Waals surface area contributed by atoms with E-state index in [1.165, 1.54) is 25.3 Å². The highest BCUT2D eigenvalue weighted by Crippen LogP contribution is 2.28. The van der Waals surface area contributed by atoms with Crippen LogP contribution in [0.3, 0.4) is 0 Å². The standard InChI is InChI=1S/C19H24FN5O/c20-15-8-7-14(19-24-23-17-4-2-1-3-9-25(17)19)10-16(15)22-18(26)12-21-11-13-5-6-13/h7-8,10,13,21H,1-6,9,11-12H2,(H,22,26). The minimum atomic E-state index is -0.445. The van der Waals surface area contributed by atoms with Gasteiger partial charge in [-0.25, -0.2) is 4.39 Å². The van der Waals surface area contributed by atoms with Crippen molar-refractivity contribution in [3.8, 4) is 11.4 Å². The number of fused-ring (bicyclic) bond motifs is 1. The number of nitrogens with zero attached hydrogens (tertiary/aromatic N) is 3. The van der Waals surface area contributed by atoms with E-state index in [4.69, 9.17) is 0 Å². The third kappa shape index (κ3) is 3.93. The molecule has 0 bridgehead atoms. The molecule has 0 radical (unpaired) electrons. The lowest BCUT2D eigenvalue weighted by atomic mass is 10.1. The van der Waals surface area contributed by atoms with Gasteiger partial charge in [-0.2, -0.15) is 0 Å². The van der Waals surface area contributed by atoms with Crippen LogP contribution < -0.4 is 10.6 Å². The second-order valence-corrected chi connectivity index (χ2v) is 7.22. The Hall–Kier alpha value is -2.28. The van der Waals surface area contributed by atoms with E-state index in [2.05, 4.69) is 25.4 Å². The van der Waals surface area contributed by atoms with Crippen molar-refractivity contribution in [1.82, 2.24) is 20.1 Å². The van der Waals surface area contributed by atoms with E-state index in [9.17, 15) is 9.18 Å². The topological polar surface area (TPSA) is 71.8 Å². The van der Waals surface area contributed by atoms with Gasteiger partial charge in [-0.1, -0.05) is 6.42 Å². The summed E-state index contributed by atoms with van der Waals surface area (Å²) in [7, 11) is 0. The fraction of sp³-hybridized carbons (Fsp3) is 0.526. The molecule has 2 aliphatic rings. The lowest BCUT2D eigenvalue weighted by Gasteiger charge is -2.11. The Balaban J connectivity index is 1.49. The van der Waals surface area contributed by atoms with Crippen molar-refractivity contribution in [2.24, 2.45) is 5.92 Å². The molecular weight excluding hydrogens is 333 g/mol. The summed E-state index contributed by atoms with van der Waals surface area (Å²) >= 11 is 0. The van der Waals surface area contributed by atoms with Crippen LogP contribution in [0, 0.1) is 11.7 Å². The van der Waals surface area contributed by atoms with Crippen LogP contribution in [0.15, 0.2) is 18.2 Å². The molecule has 2 N–H and O–H groups in total. The first kappa shape index (κ1) is 17.1. The predicted molar refractivity (Wildman–Crippen MR) is 97.2 cm³/mol. The molecule has 4 rings (SSSR count). The molecule has 138 valence electrons. The summed E-state index contributed by atoms with van der Waals surface area (Å²) in [6.07, 6.45) is 6.78. The second-order valence-electron chi connectivity index (χ2n) is 7.22. The number of carbonyl (C=O) groups excluding carboxylic acids is 1. The summed E-state index contributed by atoms with van der Waals surface area (Å²) in [5.41, 5.74) is 0.958. The van der Waals surface area contributed by atoms with Crippen LogP contribution in [-0.2, 0) is 17.8 Å².